The molecule has 0 fully saturated rings. The Labute approximate surface area is 94.3 Å². The van der Waals surface area contributed by atoms with Gasteiger partial charge in [0.2, 0.25) is 0 Å². The Morgan fingerprint density at radius 2 is 2.31 bits per heavy atom. The predicted molar refractivity (Wildman–Crippen MR) is 58.8 cm³/mol. The van der Waals surface area contributed by atoms with Crippen LogP contribution in [-0.4, -0.2) is 12.1 Å². The molecule has 0 bridgehead atoms. The molecule has 1 heterocycles. The average molecular weight is 310 g/mol. The minimum absolute atomic E-state index is 0.204. The zero-order valence-electron chi connectivity index (χ0n) is 7.22. The fourth-order valence-electron chi connectivity index (χ4n) is 1.17. The summed E-state index contributed by atoms with van der Waals surface area (Å²) in [6.45, 7) is 2.04. The minimum atomic E-state index is -0.242. The summed E-state index contributed by atoms with van der Waals surface area (Å²) in [5.41, 5.74) is 0.762. The second-order valence-electron chi connectivity index (χ2n) is 2.72. The molecule has 2 nitrogen and oxygen atoms in total. The van der Waals surface area contributed by atoms with Crippen molar-refractivity contribution in [1.82, 2.24) is 0 Å². The van der Waals surface area contributed by atoms with Crippen LogP contribution in [0.3, 0.4) is 0 Å². The van der Waals surface area contributed by atoms with Gasteiger partial charge in [-0.3, -0.25) is 0 Å². The Bertz CT molecular complexity index is 269. The second kappa shape index (κ2) is 4.96. The van der Waals surface area contributed by atoms with Crippen molar-refractivity contribution in [3.63, 3.8) is 0 Å². The topological polar surface area (TPSA) is 26.3 Å². The Morgan fingerprint density at radius 3 is 2.85 bits per heavy atom. The number of ether oxygens (including phenoxy) is 1. The third kappa shape index (κ3) is 2.44. The summed E-state index contributed by atoms with van der Waals surface area (Å²) in [5, 5.41) is 0. The van der Waals surface area contributed by atoms with E-state index in [9.17, 15) is 4.79 Å². The smallest absolute Gasteiger partial charge is 0.335 e. The highest BCUT2D eigenvalue weighted by molar-refractivity contribution is 9.12. The van der Waals surface area contributed by atoms with Gasteiger partial charge in [-0.1, -0.05) is 45.2 Å². The Hall–Kier alpha value is -0.0900. The maximum atomic E-state index is 11.3. The van der Waals surface area contributed by atoms with Crippen molar-refractivity contribution >= 4 is 37.8 Å². The molecule has 0 N–H and O–H groups in total. The molecule has 4 heteroatoms. The van der Waals surface area contributed by atoms with E-state index in [1.807, 2.05) is 6.92 Å². The van der Waals surface area contributed by atoms with E-state index >= 15 is 0 Å². The van der Waals surface area contributed by atoms with Gasteiger partial charge >= 0.3 is 5.97 Å². The summed E-state index contributed by atoms with van der Waals surface area (Å²) < 4.78 is 5.96. The van der Waals surface area contributed by atoms with Crippen LogP contribution in [0, 0.1) is 0 Å². The molecule has 0 saturated heterocycles. The maximum Gasteiger partial charge on any atom is 0.335 e. The molecular formula is C9H10Br2O2. The lowest BCUT2D eigenvalue weighted by atomic mass is 10.1. The molecule has 0 aromatic carbocycles. The van der Waals surface area contributed by atoms with Crippen molar-refractivity contribution in [2.75, 3.05) is 0 Å². The van der Waals surface area contributed by atoms with E-state index in [1.165, 1.54) is 0 Å². The van der Waals surface area contributed by atoms with Gasteiger partial charge in [-0.15, -0.1) is 0 Å². The van der Waals surface area contributed by atoms with Crippen LogP contribution >= 0.6 is 31.9 Å². The van der Waals surface area contributed by atoms with E-state index < -0.39 is 0 Å². The van der Waals surface area contributed by atoms with Gasteiger partial charge in [0.15, 0.2) is 6.10 Å². The molecule has 1 aliphatic heterocycles. The number of carbonyl (C=O) groups excluding carboxylic acids is 1. The molecule has 0 spiro atoms. The second-order valence-corrected chi connectivity index (χ2v) is 4.10. The van der Waals surface area contributed by atoms with E-state index in [-0.39, 0.29) is 12.1 Å². The molecule has 0 aromatic heterocycles. The molecule has 13 heavy (non-hydrogen) atoms. The Balaban J connectivity index is 2.83. The molecular weight excluding hydrogens is 300 g/mol. The first-order valence-corrected chi connectivity index (χ1v) is 5.78. The molecule has 0 amide bonds. The molecule has 0 aromatic rings. The van der Waals surface area contributed by atoms with Crippen LogP contribution in [0.5, 0.6) is 0 Å². The van der Waals surface area contributed by atoms with Crippen molar-refractivity contribution in [2.24, 2.45) is 0 Å². The van der Waals surface area contributed by atoms with Crippen LogP contribution < -0.4 is 0 Å². The van der Waals surface area contributed by atoms with E-state index in [2.05, 4.69) is 31.9 Å². The highest BCUT2D eigenvalue weighted by Crippen LogP contribution is 2.31. The van der Waals surface area contributed by atoms with E-state index in [4.69, 9.17) is 4.74 Å². The van der Waals surface area contributed by atoms with Crippen LogP contribution in [0.25, 0.3) is 0 Å². The molecule has 1 unspecified atom stereocenters. The quantitative estimate of drug-likeness (QED) is 0.748. The van der Waals surface area contributed by atoms with Crippen molar-refractivity contribution in [2.45, 2.75) is 25.9 Å². The summed E-state index contributed by atoms with van der Waals surface area (Å²) >= 11 is 6.53. The van der Waals surface area contributed by atoms with Gasteiger partial charge in [0.05, 0.1) is 5.57 Å². The maximum absolute atomic E-state index is 11.3. The standard InChI is InChI=1S/C9H10Br2O2/c1-2-3-6-8(11)7(4-5-10)13-9(6)12/h4-5,7H,2-3H2,1H3. The molecule has 0 saturated carbocycles. The van der Waals surface area contributed by atoms with Gasteiger partial charge in [0.25, 0.3) is 0 Å². The molecule has 72 valence electrons. The average Bonchev–Trinajstić information content (AvgIpc) is 2.34. The fraction of sp³-hybridized carbons (Fsp3) is 0.444. The third-order valence-electron chi connectivity index (χ3n) is 1.77. The van der Waals surface area contributed by atoms with Crippen molar-refractivity contribution in [1.29, 1.82) is 0 Å². The van der Waals surface area contributed by atoms with Crippen LogP contribution in [0.4, 0.5) is 0 Å². The number of cyclic esters (lactones) is 1. The molecule has 1 aliphatic rings. The van der Waals surface area contributed by atoms with E-state index in [0.717, 1.165) is 22.9 Å². The van der Waals surface area contributed by atoms with Gasteiger partial charge in [-0.05, 0) is 17.5 Å². The number of hydrogen-bond acceptors (Lipinski definition) is 2. The summed E-state index contributed by atoms with van der Waals surface area (Å²) in [5.74, 6) is -0.204. The van der Waals surface area contributed by atoms with Crippen LogP contribution in [0.2, 0.25) is 0 Å². The van der Waals surface area contributed by atoms with E-state index in [1.54, 1.807) is 11.1 Å². The highest BCUT2D eigenvalue weighted by Gasteiger charge is 2.29. The predicted octanol–water partition coefficient (Wildman–Crippen LogP) is 3.27. The number of esters is 1. The van der Waals surface area contributed by atoms with Crippen molar-refractivity contribution in [3.05, 3.63) is 21.1 Å². The van der Waals surface area contributed by atoms with Crippen molar-refractivity contribution in [3.8, 4) is 0 Å². The number of hydrogen-bond donors (Lipinski definition) is 0. The van der Waals surface area contributed by atoms with Gasteiger partial charge in [-0.25, -0.2) is 4.79 Å². The van der Waals surface area contributed by atoms with Gasteiger partial charge in [0.1, 0.15) is 0 Å². The lowest BCUT2D eigenvalue weighted by molar-refractivity contribution is -0.138. The molecule has 0 aliphatic carbocycles. The Morgan fingerprint density at radius 1 is 1.62 bits per heavy atom. The highest BCUT2D eigenvalue weighted by atomic mass is 79.9. The number of carbonyl (C=O) groups is 1. The first kappa shape index (κ1) is 11.0. The Kier molecular flexibility index (Phi) is 4.19. The zero-order chi connectivity index (χ0) is 9.84. The number of halogens is 2. The SMILES string of the molecule is CCCC1=C(Br)C(C=CBr)OC1=O. The molecule has 1 rings (SSSR count). The van der Waals surface area contributed by atoms with Crippen LogP contribution in [0.1, 0.15) is 19.8 Å². The summed E-state index contributed by atoms with van der Waals surface area (Å²) in [6, 6.07) is 0. The van der Waals surface area contributed by atoms with Gasteiger partial charge in [0, 0.05) is 4.48 Å². The monoisotopic (exact) mass is 308 g/mol. The molecule has 1 atom stereocenters. The normalized spacial score (nSPS) is 23.0. The fourth-order valence-corrected chi connectivity index (χ4v) is 2.05. The first-order chi connectivity index (χ1) is 6.20. The number of rotatable bonds is 3. The lowest BCUT2D eigenvalue weighted by Gasteiger charge is -2.02. The summed E-state index contributed by atoms with van der Waals surface area (Å²) in [4.78, 5) is 13.0. The van der Waals surface area contributed by atoms with Crippen LogP contribution in [0.15, 0.2) is 21.1 Å². The van der Waals surface area contributed by atoms with E-state index in [0.29, 0.717) is 0 Å². The molecule has 0 radical (unpaired) electrons. The summed E-state index contributed by atoms with van der Waals surface area (Å²) in [7, 11) is 0. The largest absolute Gasteiger partial charge is 0.449 e. The van der Waals surface area contributed by atoms with Crippen molar-refractivity contribution < 1.29 is 9.53 Å². The minimum Gasteiger partial charge on any atom is -0.449 e. The third-order valence-corrected chi connectivity index (χ3v) is 3.00. The van der Waals surface area contributed by atoms with Crippen LogP contribution in [-0.2, 0) is 9.53 Å². The lowest BCUT2D eigenvalue weighted by Crippen LogP contribution is -2.05. The van der Waals surface area contributed by atoms with Gasteiger partial charge in [-0.2, -0.15) is 0 Å². The zero-order valence-corrected chi connectivity index (χ0v) is 10.4. The summed E-state index contributed by atoms with van der Waals surface area (Å²) in [6.07, 6.45) is 3.26. The first-order valence-electron chi connectivity index (χ1n) is 4.07. The van der Waals surface area contributed by atoms with Gasteiger partial charge < -0.3 is 4.74 Å².